The number of carbonyl (C=O) groups is 2. The van der Waals surface area contributed by atoms with Crippen LogP contribution in [0.3, 0.4) is 0 Å². The van der Waals surface area contributed by atoms with Gasteiger partial charge in [-0.2, -0.15) is 4.73 Å². The van der Waals surface area contributed by atoms with Gasteiger partial charge in [0, 0.05) is 6.07 Å². The zero-order chi connectivity index (χ0) is 14.3. The Kier molecular flexibility index (Phi) is 2.86. The molecule has 2 aromatic rings. The average molecular weight is 261 g/mol. The van der Waals surface area contributed by atoms with Crippen LogP contribution in [0.2, 0.25) is 0 Å². The first kappa shape index (κ1) is 12.8. The van der Waals surface area contributed by atoms with Crippen LogP contribution in [0.25, 0.3) is 10.9 Å². The van der Waals surface area contributed by atoms with E-state index in [2.05, 4.69) is 0 Å². The number of carboxylic acids is 2. The molecule has 0 aliphatic rings. The van der Waals surface area contributed by atoms with Crippen molar-refractivity contribution in [2.45, 2.75) is 13.8 Å². The van der Waals surface area contributed by atoms with E-state index in [0.29, 0.717) is 5.39 Å². The van der Waals surface area contributed by atoms with Crippen molar-refractivity contribution in [2.75, 3.05) is 0 Å². The molecule has 0 atom stereocenters. The van der Waals surface area contributed by atoms with Gasteiger partial charge in [-0.05, 0) is 25.0 Å². The molecule has 6 nitrogen and oxygen atoms in total. The minimum Gasteiger partial charge on any atom is -0.618 e. The predicted octanol–water partition coefficient (Wildman–Crippen LogP) is 1.49. The Morgan fingerprint density at radius 1 is 1.16 bits per heavy atom. The molecule has 1 aromatic heterocycles. The summed E-state index contributed by atoms with van der Waals surface area (Å²) in [5.41, 5.74) is -0.0727. The summed E-state index contributed by atoms with van der Waals surface area (Å²) in [6, 6.07) is 4.83. The fourth-order valence-electron chi connectivity index (χ4n) is 2.29. The van der Waals surface area contributed by atoms with Crippen molar-refractivity contribution in [2.24, 2.45) is 0 Å². The van der Waals surface area contributed by atoms with Gasteiger partial charge in [0.1, 0.15) is 5.56 Å². The summed E-state index contributed by atoms with van der Waals surface area (Å²) >= 11 is 0. The van der Waals surface area contributed by atoms with Gasteiger partial charge in [0.15, 0.2) is 0 Å². The number of hydrogen-bond donors (Lipinski definition) is 2. The van der Waals surface area contributed by atoms with Crippen molar-refractivity contribution in [3.63, 3.8) is 0 Å². The standard InChI is InChI=1S/C13H11NO5/c1-6-4-3-5-8-9(6)7(2)10(12(15)16)11(13(17)18)14(8)19/h3-5H,1-2H3,(H,15,16)(H,17,18). The largest absolute Gasteiger partial charge is 0.618 e. The van der Waals surface area contributed by atoms with Gasteiger partial charge in [-0.3, -0.25) is 0 Å². The number of fused-ring (bicyclic) bond motifs is 1. The van der Waals surface area contributed by atoms with E-state index in [1.807, 2.05) is 0 Å². The zero-order valence-electron chi connectivity index (χ0n) is 10.3. The summed E-state index contributed by atoms with van der Waals surface area (Å²) in [4.78, 5) is 22.4. The Bertz CT molecular complexity index is 721. The maximum atomic E-state index is 12.1. The summed E-state index contributed by atoms with van der Waals surface area (Å²) in [5, 5.41) is 30.8. The van der Waals surface area contributed by atoms with Crippen molar-refractivity contribution in [3.05, 3.63) is 45.8 Å². The number of hydrogen-bond acceptors (Lipinski definition) is 3. The first-order valence-corrected chi connectivity index (χ1v) is 5.48. The molecule has 0 saturated carbocycles. The first-order valence-electron chi connectivity index (χ1n) is 5.48. The number of benzene rings is 1. The van der Waals surface area contributed by atoms with Crippen LogP contribution in [-0.4, -0.2) is 22.2 Å². The van der Waals surface area contributed by atoms with E-state index < -0.39 is 23.2 Å². The highest BCUT2D eigenvalue weighted by atomic mass is 16.5. The van der Waals surface area contributed by atoms with E-state index in [9.17, 15) is 14.8 Å². The number of aryl methyl sites for hydroxylation is 2. The third-order valence-corrected chi connectivity index (χ3v) is 3.08. The Balaban J connectivity index is 3.12. The fraction of sp³-hybridized carbons (Fsp3) is 0.154. The second kappa shape index (κ2) is 4.24. The molecular formula is C13H11NO5. The van der Waals surface area contributed by atoms with E-state index in [4.69, 9.17) is 10.2 Å². The summed E-state index contributed by atoms with van der Waals surface area (Å²) in [6.45, 7) is 3.24. The van der Waals surface area contributed by atoms with Crippen LogP contribution >= 0.6 is 0 Å². The summed E-state index contributed by atoms with van der Waals surface area (Å²) in [7, 11) is 0. The lowest BCUT2D eigenvalue weighted by Gasteiger charge is -2.12. The van der Waals surface area contributed by atoms with Crippen LogP contribution in [0.4, 0.5) is 0 Å². The number of pyridine rings is 1. The van der Waals surface area contributed by atoms with Crippen molar-refractivity contribution in [1.82, 2.24) is 0 Å². The summed E-state index contributed by atoms with van der Waals surface area (Å²) in [5.74, 6) is -2.98. The number of aromatic carboxylic acids is 2. The van der Waals surface area contributed by atoms with Gasteiger partial charge in [0.25, 0.3) is 0 Å². The second-order valence-electron chi connectivity index (χ2n) is 4.22. The smallest absolute Gasteiger partial charge is 0.403 e. The Morgan fingerprint density at radius 3 is 2.32 bits per heavy atom. The summed E-state index contributed by atoms with van der Waals surface area (Å²) < 4.78 is 0.168. The van der Waals surface area contributed by atoms with Crippen LogP contribution in [0.15, 0.2) is 18.2 Å². The molecule has 0 amide bonds. The van der Waals surface area contributed by atoms with Crippen LogP contribution in [0, 0.1) is 19.1 Å². The van der Waals surface area contributed by atoms with Crippen molar-refractivity contribution in [3.8, 4) is 0 Å². The van der Waals surface area contributed by atoms with Crippen LogP contribution in [0.1, 0.15) is 32.0 Å². The molecule has 0 fully saturated rings. The van der Waals surface area contributed by atoms with E-state index in [1.165, 1.54) is 13.0 Å². The molecule has 1 aromatic carbocycles. The third-order valence-electron chi connectivity index (χ3n) is 3.08. The molecule has 0 saturated heterocycles. The average Bonchev–Trinajstić information content (AvgIpc) is 2.32. The van der Waals surface area contributed by atoms with Crippen molar-refractivity contribution < 1.29 is 24.5 Å². The quantitative estimate of drug-likeness (QED) is 0.629. The zero-order valence-corrected chi connectivity index (χ0v) is 10.3. The lowest BCUT2D eigenvalue weighted by Crippen LogP contribution is -2.38. The highest BCUT2D eigenvalue weighted by Crippen LogP contribution is 2.24. The van der Waals surface area contributed by atoms with Gasteiger partial charge in [-0.25, -0.2) is 9.59 Å². The normalized spacial score (nSPS) is 10.6. The Labute approximate surface area is 108 Å². The number of rotatable bonds is 2. The minimum absolute atomic E-state index is 0.153. The second-order valence-corrected chi connectivity index (χ2v) is 4.22. The van der Waals surface area contributed by atoms with E-state index in [-0.39, 0.29) is 15.8 Å². The molecule has 0 spiro atoms. The first-order chi connectivity index (χ1) is 8.86. The molecule has 2 N–H and O–H groups in total. The van der Waals surface area contributed by atoms with Gasteiger partial charge in [0.2, 0.25) is 5.52 Å². The maximum Gasteiger partial charge on any atom is 0.403 e. The molecule has 6 heteroatoms. The third kappa shape index (κ3) is 1.77. The molecule has 0 aliphatic heterocycles. The predicted molar refractivity (Wildman–Crippen MR) is 66.3 cm³/mol. The molecule has 19 heavy (non-hydrogen) atoms. The Morgan fingerprint density at radius 2 is 1.79 bits per heavy atom. The van der Waals surface area contributed by atoms with Gasteiger partial charge in [-0.1, -0.05) is 12.1 Å². The van der Waals surface area contributed by atoms with E-state index >= 15 is 0 Å². The molecule has 1 heterocycles. The fourth-order valence-corrected chi connectivity index (χ4v) is 2.29. The van der Waals surface area contributed by atoms with Gasteiger partial charge < -0.3 is 15.4 Å². The molecule has 0 unspecified atom stereocenters. The maximum absolute atomic E-state index is 12.1. The number of aromatic nitrogens is 1. The SMILES string of the molecule is Cc1cccc2c1c(C)c(C(=O)O)c(C(=O)O)[n+]2[O-]. The Hall–Kier alpha value is -2.63. The van der Waals surface area contributed by atoms with Gasteiger partial charge in [0.05, 0.1) is 5.39 Å². The number of nitrogens with zero attached hydrogens (tertiary/aromatic N) is 1. The highest BCUT2D eigenvalue weighted by Gasteiger charge is 2.31. The molecule has 0 radical (unpaired) electrons. The van der Waals surface area contributed by atoms with Crippen molar-refractivity contribution in [1.29, 1.82) is 0 Å². The monoisotopic (exact) mass is 261 g/mol. The van der Waals surface area contributed by atoms with Crippen LogP contribution in [-0.2, 0) is 0 Å². The molecule has 0 bridgehead atoms. The lowest BCUT2D eigenvalue weighted by atomic mass is 9.98. The van der Waals surface area contributed by atoms with Crippen LogP contribution < -0.4 is 4.73 Å². The highest BCUT2D eigenvalue weighted by molar-refractivity contribution is 6.04. The molecule has 0 aliphatic carbocycles. The topological polar surface area (TPSA) is 102 Å². The molecule has 2 rings (SSSR count). The van der Waals surface area contributed by atoms with E-state index in [0.717, 1.165) is 5.56 Å². The lowest BCUT2D eigenvalue weighted by molar-refractivity contribution is -0.580. The van der Waals surface area contributed by atoms with Crippen molar-refractivity contribution >= 4 is 22.8 Å². The molecular weight excluding hydrogens is 250 g/mol. The van der Waals surface area contributed by atoms with Crippen LogP contribution in [0.5, 0.6) is 0 Å². The minimum atomic E-state index is -1.56. The van der Waals surface area contributed by atoms with Gasteiger partial charge >= 0.3 is 17.6 Å². The van der Waals surface area contributed by atoms with E-state index in [1.54, 1.807) is 19.1 Å². The number of carboxylic acid groups (broad SMARTS) is 2. The molecule has 98 valence electrons. The summed E-state index contributed by atoms with van der Waals surface area (Å²) in [6.07, 6.45) is 0. The van der Waals surface area contributed by atoms with Gasteiger partial charge in [-0.15, -0.1) is 0 Å².